The van der Waals surface area contributed by atoms with Gasteiger partial charge in [-0.05, 0) is 25.0 Å². The summed E-state index contributed by atoms with van der Waals surface area (Å²) in [5.41, 5.74) is -0.919. The van der Waals surface area contributed by atoms with Gasteiger partial charge in [-0.1, -0.05) is 18.9 Å². The fourth-order valence-corrected chi connectivity index (χ4v) is 5.01. The van der Waals surface area contributed by atoms with Gasteiger partial charge in [0.2, 0.25) is 11.8 Å². The number of hydrogen-bond donors (Lipinski definition) is 1. The first-order valence-corrected chi connectivity index (χ1v) is 9.85. The second-order valence-electron chi connectivity index (χ2n) is 7.98. The van der Waals surface area contributed by atoms with Crippen LogP contribution in [0.4, 0.5) is 10.6 Å². The second kappa shape index (κ2) is 6.13. The number of nitrogens with one attached hydrogen (secondary N) is 1. The van der Waals surface area contributed by atoms with Gasteiger partial charge in [-0.2, -0.15) is 0 Å². The van der Waals surface area contributed by atoms with Crippen LogP contribution in [0, 0.1) is 5.41 Å². The van der Waals surface area contributed by atoms with Gasteiger partial charge < -0.3 is 4.90 Å². The van der Waals surface area contributed by atoms with Crippen LogP contribution in [-0.4, -0.2) is 51.8 Å². The monoisotopic (exact) mass is 395 g/mol. The van der Waals surface area contributed by atoms with E-state index in [9.17, 15) is 19.2 Å². The van der Waals surface area contributed by atoms with Crippen molar-refractivity contribution in [2.45, 2.75) is 38.1 Å². The Labute approximate surface area is 166 Å². The van der Waals surface area contributed by atoms with Crippen molar-refractivity contribution in [1.29, 1.82) is 0 Å². The summed E-state index contributed by atoms with van der Waals surface area (Å²) in [6.07, 6.45) is 4.90. The number of amides is 4. The quantitative estimate of drug-likeness (QED) is 0.659. The van der Waals surface area contributed by atoms with E-state index in [4.69, 9.17) is 4.98 Å². The van der Waals surface area contributed by atoms with Crippen LogP contribution in [0.3, 0.4) is 0 Å². The highest BCUT2D eigenvalue weighted by Crippen LogP contribution is 2.45. The summed E-state index contributed by atoms with van der Waals surface area (Å²) in [5, 5.41) is 2.33. The van der Waals surface area contributed by atoms with E-state index in [0.29, 0.717) is 30.0 Å². The average Bonchev–Trinajstić information content (AvgIpc) is 2.98. The van der Waals surface area contributed by atoms with E-state index >= 15 is 0 Å². The van der Waals surface area contributed by atoms with Crippen LogP contribution in [0.1, 0.15) is 31.2 Å². The Hall–Kier alpha value is -3.23. The summed E-state index contributed by atoms with van der Waals surface area (Å²) in [7, 11) is 1.37. The molecular formula is C20H21N5O4. The maximum absolute atomic E-state index is 13.4. The van der Waals surface area contributed by atoms with Gasteiger partial charge >= 0.3 is 6.03 Å². The topological polar surface area (TPSA) is 104 Å². The summed E-state index contributed by atoms with van der Waals surface area (Å²) < 4.78 is 1.44. The molecule has 0 bridgehead atoms. The lowest BCUT2D eigenvalue weighted by Gasteiger charge is -2.50. The zero-order chi connectivity index (χ0) is 20.3. The molecule has 1 spiro atoms. The number of anilines is 1. The van der Waals surface area contributed by atoms with E-state index < -0.39 is 29.3 Å². The van der Waals surface area contributed by atoms with Gasteiger partial charge in [-0.25, -0.2) is 9.78 Å². The van der Waals surface area contributed by atoms with E-state index in [0.717, 1.165) is 24.2 Å². The highest BCUT2D eigenvalue weighted by atomic mass is 16.2. The molecule has 2 fully saturated rings. The van der Waals surface area contributed by atoms with Crippen LogP contribution < -0.4 is 15.8 Å². The van der Waals surface area contributed by atoms with Crippen LogP contribution >= 0.6 is 0 Å². The summed E-state index contributed by atoms with van der Waals surface area (Å²) in [5.74, 6) is -0.615. The number of carbonyl (C=O) groups excluding carboxylic acids is 3. The standard InChI is InChI=1S/C20H21N5O4/c1-23-18(28)20(17(27)22-19(23)29)11-12-15(24-9-5-2-3-7-13(20)24)21-14-8-4-6-10-25(14)16(12)26/h4,6,8,10,13H,2-3,5,7,9,11H2,1H3,(H,22,27,29)/t13-,20+/m0/s1. The zero-order valence-electron chi connectivity index (χ0n) is 16.1. The summed E-state index contributed by atoms with van der Waals surface area (Å²) in [4.78, 5) is 59.5. The molecule has 0 unspecified atom stereocenters. The first kappa shape index (κ1) is 17.8. The smallest absolute Gasteiger partial charge is 0.330 e. The molecule has 2 saturated heterocycles. The average molecular weight is 395 g/mol. The second-order valence-corrected chi connectivity index (χ2v) is 7.98. The first-order valence-electron chi connectivity index (χ1n) is 9.85. The van der Waals surface area contributed by atoms with E-state index in [1.807, 2.05) is 11.0 Å². The molecule has 0 aromatic carbocycles. The van der Waals surface area contributed by atoms with Gasteiger partial charge in [0.15, 0.2) is 5.41 Å². The van der Waals surface area contributed by atoms with Crippen molar-refractivity contribution in [2.24, 2.45) is 5.41 Å². The molecular weight excluding hydrogens is 374 g/mol. The van der Waals surface area contributed by atoms with Crippen LogP contribution in [0.25, 0.3) is 5.65 Å². The molecule has 0 saturated carbocycles. The predicted molar refractivity (Wildman–Crippen MR) is 104 cm³/mol. The molecule has 9 nitrogen and oxygen atoms in total. The maximum Gasteiger partial charge on any atom is 0.330 e. The van der Waals surface area contributed by atoms with Crippen LogP contribution in [-0.2, 0) is 16.0 Å². The largest absolute Gasteiger partial charge is 0.352 e. The number of urea groups is 1. The lowest BCUT2D eigenvalue weighted by Crippen LogP contribution is -2.71. The number of hydrogen-bond acceptors (Lipinski definition) is 6. The highest BCUT2D eigenvalue weighted by Gasteiger charge is 2.62. The summed E-state index contributed by atoms with van der Waals surface area (Å²) >= 11 is 0. The zero-order valence-corrected chi connectivity index (χ0v) is 16.1. The van der Waals surface area contributed by atoms with E-state index in [1.54, 1.807) is 18.3 Å². The molecule has 2 aromatic heterocycles. The van der Waals surface area contributed by atoms with Crippen molar-refractivity contribution in [3.05, 3.63) is 40.3 Å². The normalized spacial score (nSPS) is 26.9. The lowest BCUT2D eigenvalue weighted by molar-refractivity contribution is -0.152. The lowest BCUT2D eigenvalue weighted by atomic mass is 9.68. The van der Waals surface area contributed by atoms with Crippen LogP contribution in [0.5, 0.6) is 0 Å². The molecule has 29 heavy (non-hydrogen) atoms. The fraction of sp³-hybridized carbons (Fsp3) is 0.450. The highest BCUT2D eigenvalue weighted by molar-refractivity contribution is 6.20. The van der Waals surface area contributed by atoms with E-state index in [1.165, 1.54) is 11.4 Å². The van der Waals surface area contributed by atoms with E-state index in [-0.39, 0.29) is 12.0 Å². The molecule has 3 aliphatic rings. The Bertz CT molecular complexity index is 1130. The minimum absolute atomic E-state index is 0.0601. The third kappa shape index (κ3) is 2.30. The Morgan fingerprint density at radius 2 is 1.97 bits per heavy atom. The number of fused-ring (bicyclic) bond motifs is 5. The third-order valence-electron chi connectivity index (χ3n) is 6.47. The molecule has 150 valence electrons. The minimum Gasteiger partial charge on any atom is -0.352 e. The molecule has 0 radical (unpaired) electrons. The van der Waals surface area contributed by atoms with Crippen LogP contribution in [0.2, 0.25) is 0 Å². The van der Waals surface area contributed by atoms with Crippen molar-refractivity contribution in [1.82, 2.24) is 19.6 Å². The van der Waals surface area contributed by atoms with Crippen molar-refractivity contribution in [2.75, 3.05) is 18.5 Å². The number of aromatic nitrogens is 2. The maximum atomic E-state index is 13.4. The molecule has 4 amide bonds. The Morgan fingerprint density at radius 1 is 1.14 bits per heavy atom. The molecule has 5 heterocycles. The number of imide groups is 2. The molecule has 2 atom stereocenters. The summed E-state index contributed by atoms with van der Waals surface area (Å²) in [6.45, 7) is 0.604. The molecule has 2 aromatic rings. The van der Waals surface area contributed by atoms with Crippen molar-refractivity contribution in [3.63, 3.8) is 0 Å². The number of nitrogens with zero attached hydrogens (tertiary/aromatic N) is 4. The van der Waals surface area contributed by atoms with Gasteiger partial charge in [-0.15, -0.1) is 0 Å². The Kier molecular flexibility index (Phi) is 3.77. The van der Waals surface area contributed by atoms with Crippen molar-refractivity contribution >= 4 is 29.3 Å². The van der Waals surface area contributed by atoms with Gasteiger partial charge in [0.05, 0.1) is 11.6 Å². The van der Waals surface area contributed by atoms with Crippen molar-refractivity contribution < 1.29 is 14.4 Å². The van der Waals surface area contributed by atoms with Crippen molar-refractivity contribution in [3.8, 4) is 0 Å². The Balaban J connectivity index is 1.79. The molecule has 9 heteroatoms. The molecule has 0 aliphatic carbocycles. The minimum atomic E-state index is -1.51. The van der Waals surface area contributed by atoms with Crippen LogP contribution in [0.15, 0.2) is 29.2 Å². The molecule has 1 N–H and O–H groups in total. The van der Waals surface area contributed by atoms with E-state index in [2.05, 4.69) is 5.32 Å². The predicted octanol–water partition coefficient (Wildman–Crippen LogP) is 0.694. The van der Waals surface area contributed by atoms with Gasteiger partial charge in [0.1, 0.15) is 11.5 Å². The molecule has 5 rings (SSSR count). The SMILES string of the molecule is CN1C(=O)NC(=O)[C@]2(Cc3c(nc4ccccn4c3=O)N3CCCCC[C@H]32)C1=O. The number of pyridine rings is 1. The number of barbiturate groups is 1. The Morgan fingerprint density at radius 3 is 2.79 bits per heavy atom. The number of rotatable bonds is 0. The first-order chi connectivity index (χ1) is 13.9. The van der Waals surface area contributed by atoms with Gasteiger partial charge in [-0.3, -0.25) is 29.0 Å². The van der Waals surface area contributed by atoms with Gasteiger partial charge in [0.25, 0.3) is 5.56 Å². The number of carbonyl (C=O) groups is 3. The molecule has 3 aliphatic heterocycles. The third-order valence-corrected chi connectivity index (χ3v) is 6.47. The van der Waals surface area contributed by atoms with Gasteiger partial charge in [0, 0.05) is 26.2 Å². The fourth-order valence-electron chi connectivity index (χ4n) is 5.01. The summed E-state index contributed by atoms with van der Waals surface area (Å²) in [6, 6.07) is 4.14.